The Balaban J connectivity index is 1.87. The molecule has 3 rings (SSSR count). The molecule has 20 heavy (non-hydrogen) atoms. The van der Waals surface area contributed by atoms with Crippen molar-refractivity contribution in [2.45, 2.75) is 50.7 Å². The van der Waals surface area contributed by atoms with Crippen molar-refractivity contribution in [3.8, 4) is 5.75 Å². The zero-order valence-corrected chi connectivity index (χ0v) is 11.7. The molecule has 0 aromatic heterocycles. The fraction of sp³-hybridized carbons (Fsp3) is 0.562. The molecule has 108 valence electrons. The number of fused-ring (bicyclic) bond motifs is 2. The predicted molar refractivity (Wildman–Crippen MR) is 75.5 cm³/mol. The summed E-state index contributed by atoms with van der Waals surface area (Å²) >= 11 is 0. The fourth-order valence-electron chi connectivity index (χ4n) is 4.10. The van der Waals surface area contributed by atoms with Crippen molar-refractivity contribution in [3.05, 3.63) is 29.8 Å². The second kappa shape index (κ2) is 5.09. The molecular formula is C16H21NO3. The summed E-state index contributed by atoms with van der Waals surface area (Å²) in [4.78, 5) is 13.8. The number of nitrogens with zero attached hydrogens (tertiary/aromatic N) is 1. The first kappa shape index (κ1) is 13.4. The van der Waals surface area contributed by atoms with Crippen LogP contribution in [0.15, 0.2) is 24.3 Å². The number of aromatic hydroxyl groups is 1. The Hall–Kier alpha value is -1.55. The van der Waals surface area contributed by atoms with Crippen molar-refractivity contribution < 1.29 is 15.0 Å². The monoisotopic (exact) mass is 275 g/mol. The number of benzene rings is 1. The van der Waals surface area contributed by atoms with Crippen LogP contribution in [0.25, 0.3) is 0 Å². The average Bonchev–Trinajstić information content (AvgIpc) is 3.00. The number of aliphatic carboxylic acids is 1. The van der Waals surface area contributed by atoms with E-state index in [9.17, 15) is 15.0 Å². The van der Waals surface area contributed by atoms with Crippen molar-refractivity contribution in [3.63, 3.8) is 0 Å². The molecule has 4 heteroatoms. The van der Waals surface area contributed by atoms with E-state index >= 15 is 0 Å². The van der Waals surface area contributed by atoms with Crippen LogP contribution >= 0.6 is 0 Å². The van der Waals surface area contributed by atoms with Gasteiger partial charge >= 0.3 is 5.97 Å². The van der Waals surface area contributed by atoms with Crippen LogP contribution in [-0.4, -0.2) is 33.2 Å². The molecule has 2 N–H and O–H groups in total. The first-order valence-corrected chi connectivity index (χ1v) is 7.41. The molecule has 2 bridgehead atoms. The summed E-state index contributed by atoms with van der Waals surface area (Å²) in [5.41, 5.74) is 1.17. The normalized spacial score (nSPS) is 30.6. The summed E-state index contributed by atoms with van der Waals surface area (Å²) in [6.45, 7) is 2.14. The lowest BCUT2D eigenvalue weighted by molar-refractivity contribution is -0.142. The summed E-state index contributed by atoms with van der Waals surface area (Å²) in [6.07, 6.45) is 3.86. The zero-order chi connectivity index (χ0) is 14.3. The largest absolute Gasteiger partial charge is 0.508 e. The summed E-state index contributed by atoms with van der Waals surface area (Å²) < 4.78 is 0. The van der Waals surface area contributed by atoms with Crippen molar-refractivity contribution in [2.24, 2.45) is 5.92 Å². The lowest BCUT2D eigenvalue weighted by Gasteiger charge is -2.32. The SMILES string of the molecule is CCC(c1ccc(O)cc1)N1C2CCC1C(C(=O)O)C2. The van der Waals surface area contributed by atoms with Crippen molar-refractivity contribution in [1.29, 1.82) is 0 Å². The van der Waals surface area contributed by atoms with Crippen LogP contribution in [-0.2, 0) is 4.79 Å². The van der Waals surface area contributed by atoms with E-state index in [0.29, 0.717) is 6.04 Å². The standard InChI is InChI=1S/C16H21NO3/c1-2-14(10-3-6-12(18)7-4-10)17-11-5-8-15(17)13(9-11)16(19)20/h3-4,6-7,11,13-15,18H,2,5,8-9H2,1H3,(H,19,20). The Morgan fingerprint density at radius 1 is 1.35 bits per heavy atom. The number of carbonyl (C=O) groups is 1. The van der Waals surface area contributed by atoms with Gasteiger partial charge in [-0.25, -0.2) is 0 Å². The van der Waals surface area contributed by atoms with Crippen molar-refractivity contribution >= 4 is 5.97 Å². The fourth-order valence-corrected chi connectivity index (χ4v) is 4.10. The third kappa shape index (κ3) is 2.08. The molecule has 4 atom stereocenters. The van der Waals surface area contributed by atoms with Crippen LogP contribution < -0.4 is 0 Å². The Labute approximate surface area is 119 Å². The Morgan fingerprint density at radius 2 is 2.05 bits per heavy atom. The van der Waals surface area contributed by atoms with Gasteiger partial charge in [-0.2, -0.15) is 0 Å². The molecule has 0 saturated carbocycles. The van der Waals surface area contributed by atoms with Crippen LogP contribution in [0, 0.1) is 5.92 Å². The van der Waals surface area contributed by atoms with Gasteiger partial charge in [-0.15, -0.1) is 0 Å². The number of hydrogen-bond donors (Lipinski definition) is 2. The number of phenols is 1. The molecule has 4 unspecified atom stereocenters. The average molecular weight is 275 g/mol. The maximum Gasteiger partial charge on any atom is 0.308 e. The highest BCUT2D eigenvalue weighted by molar-refractivity contribution is 5.71. The van der Waals surface area contributed by atoms with Gasteiger partial charge in [0.1, 0.15) is 5.75 Å². The molecule has 0 radical (unpaired) electrons. The van der Waals surface area contributed by atoms with Gasteiger partial charge in [0.05, 0.1) is 5.92 Å². The summed E-state index contributed by atoms with van der Waals surface area (Å²) in [5.74, 6) is -0.584. The number of phenolic OH excluding ortho intramolecular Hbond substituents is 1. The smallest absolute Gasteiger partial charge is 0.308 e. The van der Waals surface area contributed by atoms with E-state index in [2.05, 4.69) is 11.8 Å². The minimum absolute atomic E-state index is 0.177. The molecule has 0 aliphatic carbocycles. The topological polar surface area (TPSA) is 60.8 Å². The van der Waals surface area contributed by atoms with Gasteiger partial charge in [0.25, 0.3) is 0 Å². The van der Waals surface area contributed by atoms with Gasteiger partial charge in [-0.3, -0.25) is 9.69 Å². The van der Waals surface area contributed by atoms with Crippen molar-refractivity contribution in [2.75, 3.05) is 0 Å². The number of hydrogen-bond acceptors (Lipinski definition) is 3. The van der Waals surface area contributed by atoms with E-state index in [1.165, 1.54) is 5.56 Å². The van der Waals surface area contributed by atoms with Gasteiger partial charge in [0, 0.05) is 18.1 Å². The van der Waals surface area contributed by atoms with Gasteiger partial charge < -0.3 is 10.2 Å². The maximum absolute atomic E-state index is 11.4. The molecule has 0 spiro atoms. The lowest BCUT2D eigenvalue weighted by Crippen LogP contribution is -2.35. The number of carboxylic acids is 1. The lowest BCUT2D eigenvalue weighted by atomic mass is 9.89. The summed E-state index contributed by atoms with van der Waals surface area (Å²) in [5, 5.41) is 18.8. The third-order valence-electron chi connectivity index (χ3n) is 4.93. The molecule has 2 aliphatic heterocycles. The van der Waals surface area contributed by atoms with E-state index in [1.807, 2.05) is 12.1 Å². The molecule has 2 aliphatic rings. The zero-order valence-electron chi connectivity index (χ0n) is 11.7. The molecule has 2 saturated heterocycles. The van der Waals surface area contributed by atoms with Gasteiger partial charge in [0.15, 0.2) is 0 Å². The maximum atomic E-state index is 11.4. The van der Waals surface area contributed by atoms with Crippen molar-refractivity contribution in [1.82, 2.24) is 4.90 Å². The van der Waals surface area contributed by atoms with Crippen LogP contribution in [0.3, 0.4) is 0 Å². The van der Waals surface area contributed by atoms with E-state index < -0.39 is 5.97 Å². The third-order valence-corrected chi connectivity index (χ3v) is 4.93. The number of carboxylic acid groups (broad SMARTS) is 1. The molecular weight excluding hydrogens is 254 g/mol. The van der Waals surface area contributed by atoms with Crippen LogP contribution in [0.4, 0.5) is 0 Å². The predicted octanol–water partition coefficient (Wildman–Crippen LogP) is 2.78. The van der Waals surface area contributed by atoms with E-state index in [0.717, 1.165) is 25.7 Å². The first-order valence-electron chi connectivity index (χ1n) is 7.41. The molecule has 1 aromatic rings. The molecule has 0 amide bonds. The Kier molecular flexibility index (Phi) is 3.42. The highest BCUT2D eigenvalue weighted by Gasteiger charge is 2.51. The molecule has 2 heterocycles. The molecule has 2 fully saturated rings. The van der Waals surface area contributed by atoms with Crippen LogP contribution in [0.2, 0.25) is 0 Å². The van der Waals surface area contributed by atoms with E-state index in [-0.39, 0.29) is 23.8 Å². The second-order valence-electron chi connectivity index (χ2n) is 5.94. The summed E-state index contributed by atoms with van der Waals surface area (Å²) in [7, 11) is 0. The first-order chi connectivity index (χ1) is 9.61. The summed E-state index contributed by atoms with van der Waals surface area (Å²) in [6, 6.07) is 8.18. The minimum atomic E-state index is -0.650. The minimum Gasteiger partial charge on any atom is -0.508 e. The Morgan fingerprint density at radius 3 is 2.60 bits per heavy atom. The van der Waals surface area contributed by atoms with Crippen LogP contribution in [0.1, 0.15) is 44.2 Å². The second-order valence-corrected chi connectivity index (χ2v) is 5.94. The van der Waals surface area contributed by atoms with E-state index in [4.69, 9.17) is 0 Å². The highest BCUT2D eigenvalue weighted by atomic mass is 16.4. The van der Waals surface area contributed by atoms with E-state index in [1.54, 1.807) is 12.1 Å². The Bertz CT molecular complexity index is 499. The van der Waals surface area contributed by atoms with Gasteiger partial charge in [-0.1, -0.05) is 19.1 Å². The molecule has 4 nitrogen and oxygen atoms in total. The van der Waals surface area contributed by atoms with Gasteiger partial charge in [0.2, 0.25) is 0 Å². The number of rotatable bonds is 4. The molecule has 1 aromatic carbocycles. The van der Waals surface area contributed by atoms with Crippen LogP contribution in [0.5, 0.6) is 5.75 Å². The van der Waals surface area contributed by atoms with Gasteiger partial charge in [-0.05, 0) is 43.4 Å². The highest BCUT2D eigenvalue weighted by Crippen LogP contribution is 2.47. The quantitative estimate of drug-likeness (QED) is 0.887.